The third kappa shape index (κ3) is 4.81. The SMILES string of the molecule is CCCCN(Cc1ccccc1)C(=O)[C@H]1CCCC[C@H]1C(=O)O. The summed E-state index contributed by atoms with van der Waals surface area (Å²) in [5.74, 6) is -1.68. The molecule has 23 heavy (non-hydrogen) atoms. The van der Waals surface area contributed by atoms with Crippen LogP contribution in [0.5, 0.6) is 0 Å². The van der Waals surface area contributed by atoms with Crippen molar-refractivity contribution < 1.29 is 14.7 Å². The molecule has 0 heterocycles. The van der Waals surface area contributed by atoms with Gasteiger partial charge in [0.1, 0.15) is 0 Å². The van der Waals surface area contributed by atoms with Crippen molar-refractivity contribution in [3.05, 3.63) is 35.9 Å². The minimum Gasteiger partial charge on any atom is -0.481 e. The average molecular weight is 317 g/mol. The molecule has 1 amide bonds. The van der Waals surface area contributed by atoms with E-state index in [1.807, 2.05) is 35.2 Å². The first-order chi connectivity index (χ1) is 11.1. The van der Waals surface area contributed by atoms with Gasteiger partial charge in [0.05, 0.1) is 11.8 Å². The summed E-state index contributed by atoms with van der Waals surface area (Å²) < 4.78 is 0. The lowest BCUT2D eigenvalue weighted by molar-refractivity contribution is -0.152. The van der Waals surface area contributed by atoms with Gasteiger partial charge in [-0.2, -0.15) is 0 Å². The summed E-state index contributed by atoms with van der Waals surface area (Å²) >= 11 is 0. The molecular formula is C19H27NO3. The molecule has 0 bridgehead atoms. The molecule has 1 N–H and O–H groups in total. The van der Waals surface area contributed by atoms with Crippen LogP contribution in [0.3, 0.4) is 0 Å². The van der Waals surface area contributed by atoms with Crippen LogP contribution >= 0.6 is 0 Å². The molecule has 0 unspecified atom stereocenters. The van der Waals surface area contributed by atoms with Gasteiger partial charge in [-0.05, 0) is 24.8 Å². The molecule has 2 rings (SSSR count). The minimum atomic E-state index is -0.821. The molecule has 1 aliphatic carbocycles. The van der Waals surface area contributed by atoms with Gasteiger partial charge in [-0.25, -0.2) is 0 Å². The first kappa shape index (κ1) is 17.5. The highest BCUT2D eigenvalue weighted by Crippen LogP contribution is 2.32. The second-order valence-corrected chi connectivity index (χ2v) is 6.43. The number of rotatable bonds is 7. The van der Waals surface area contributed by atoms with E-state index in [9.17, 15) is 14.7 Å². The smallest absolute Gasteiger partial charge is 0.307 e. The van der Waals surface area contributed by atoms with Crippen molar-refractivity contribution in [1.29, 1.82) is 0 Å². The lowest BCUT2D eigenvalue weighted by atomic mass is 9.78. The summed E-state index contributed by atoms with van der Waals surface area (Å²) in [6, 6.07) is 9.93. The van der Waals surface area contributed by atoms with E-state index in [0.717, 1.165) is 31.2 Å². The monoisotopic (exact) mass is 317 g/mol. The molecule has 1 aliphatic rings. The molecule has 126 valence electrons. The van der Waals surface area contributed by atoms with Gasteiger partial charge in [0.2, 0.25) is 5.91 Å². The van der Waals surface area contributed by atoms with Gasteiger partial charge >= 0.3 is 5.97 Å². The first-order valence-electron chi connectivity index (χ1n) is 8.69. The number of carbonyl (C=O) groups is 2. The maximum absolute atomic E-state index is 13.0. The predicted molar refractivity (Wildman–Crippen MR) is 89.9 cm³/mol. The van der Waals surface area contributed by atoms with Crippen LogP contribution < -0.4 is 0 Å². The number of benzene rings is 1. The zero-order chi connectivity index (χ0) is 16.7. The lowest BCUT2D eigenvalue weighted by Gasteiger charge is -2.33. The normalized spacial score (nSPS) is 20.9. The molecule has 0 saturated heterocycles. The highest BCUT2D eigenvalue weighted by molar-refractivity contribution is 5.85. The van der Waals surface area contributed by atoms with E-state index in [1.165, 1.54) is 0 Å². The molecule has 0 aliphatic heterocycles. The number of carboxylic acids is 1. The Bertz CT molecular complexity index is 515. The van der Waals surface area contributed by atoms with Gasteiger partial charge < -0.3 is 10.0 Å². The zero-order valence-corrected chi connectivity index (χ0v) is 13.9. The Morgan fingerprint density at radius 3 is 2.39 bits per heavy atom. The van der Waals surface area contributed by atoms with Crippen molar-refractivity contribution in [3.8, 4) is 0 Å². The lowest BCUT2D eigenvalue weighted by Crippen LogP contribution is -2.42. The largest absolute Gasteiger partial charge is 0.481 e. The molecule has 1 aromatic carbocycles. The highest BCUT2D eigenvalue weighted by atomic mass is 16.4. The Morgan fingerprint density at radius 2 is 1.78 bits per heavy atom. The third-order valence-electron chi connectivity index (χ3n) is 4.71. The van der Waals surface area contributed by atoms with Gasteiger partial charge in [-0.3, -0.25) is 9.59 Å². The van der Waals surface area contributed by atoms with Crippen LogP contribution in [0.1, 0.15) is 51.0 Å². The summed E-state index contributed by atoms with van der Waals surface area (Å²) in [6.45, 7) is 3.38. The van der Waals surface area contributed by atoms with E-state index in [-0.39, 0.29) is 11.8 Å². The molecule has 0 spiro atoms. The quantitative estimate of drug-likeness (QED) is 0.834. The van der Waals surface area contributed by atoms with Crippen molar-refractivity contribution in [2.24, 2.45) is 11.8 Å². The van der Waals surface area contributed by atoms with Crippen molar-refractivity contribution in [3.63, 3.8) is 0 Å². The molecule has 1 aromatic rings. The number of aliphatic carboxylic acids is 1. The Morgan fingerprint density at radius 1 is 1.13 bits per heavy atom. The number of carboxylic acid groups (broad SMARTS) is 1. The molecule has 0 aromatic heterocycles. The zero-order valence-electron chi connectivity index (χ0n) is 13.9. The van der Waals surface area contributed by atoms with Crippen LogP contribution in [0.2, 0.25) is 0 Å². The van der Waals surface area contributed by atoms with Crippen LogP contribution in [0.4, 0.5) is 0 Å². The van der Waals surface area contributed by atoms with Gasteiger partial charge in [0, 0.05) is 13.1 Å². The summed E-state index contributed by atoms with van der Waals surface area (Å²) in [7, 11) is 0. The number of carbonyl (C=O) groups excluding carboxylic acids is 1. The van der Waals surface area contributed by atoms with Crippen molar-refractivity contribution in [1.82, 2.24) is 4.90 Å². The van der Waals surface area contributed by atoms with E-state index >= 15 is 0 Å². The van der Waals surface area contributed by atoms with Gasteiger partial charge in [-0.1, -0.05) is 56.5 Å². The summed E-state index contributed by atoms with van der Waals surface area (Å²) in [6.07, 6.45) is 5.15. The van der Waals surface area contributed by atoms with E-state index < -0.39 is 11.9 Å². The predicted octanol–water partition coefficient (Wildman–Crippen LogP) is 3.71. The van der Waals surface area contributed by atoms with Crippen LogP contribution in [0, 0.1) is 11.8 Å². The number of amides is 1. The summed E-state index contributed by atoms with van der Waals surface area (Å²) in [5.41, 5.74) is 1.10. The minimum absolute atomic E-state index is 0.0226. The van der Waals surface area contributed by atoms with E-state index in [4.69, 9.17) is 0 Å². The summed E-state index contributed by atoms with van der Waals surface area (Å²) in [4.78, 5) is 26.3. The Labute approximate surface area is 138 Å². The molecule has 4 nitrogen and oxygen atoms in total. The number of hydrogen-bond donors (Lipinski definition) is 1. The fourth-order valence-electron chi connectivity index (χ4n) is 3.38. The standard InChI is InChI=1S/C19H27NO3/c1-2-3-13-20(14-15-9-5-4-6-10-15)18(21)16-11-7-8-12-17(16)19(22)23/h4-6,9-10,16-17H,2-3,7-8,11-14H2,1H3,(H,22,23)/t16-,17+/m0/s1. The van der Waals surface area contributed by atoms with E-state index in [1.54, 1.807) is 0 Å². The summed E-state index contributed by atoms with van der Waals surface area (Å²) in [5, 5.41) is 9.43. The average Bonchev–Trinajstić information content (AvgIpc) is 2.58. The molecule has 0 radical (unpaired) electrons. The fourth-order valence-corrected chi connectivity index (χ4v) is 3.38. The van der Waals surface area contributed by atoms with Gasteiger partial charge in [0.15, 0.2) is 0 Å². The van der Waals surface area contributed by atoms with Crippen LogP contribution in [0.25, 0.3) is 0 Å². The van der Waals surface area contributed by atoms with Gasteiger partial charge in [0.25, 0.3) is 0 Å². The maximum atomic E-state index is 13.0. The first-order valence-corrected chi connectivity index (χ1v) is 8.69. The molecule has 4 heteroatoms. The van der Waals surface area contributed by atoms with Crippen LogP contribution in [-0.4, -0.2) is 28.4 Å². The van der Waals surface area contributed by atoms with E-state index in [2.05, 4.69) is 6.92 Å². The second-order valence-electron chi connectivity index (χ2n) is 6.43. The molecular weight excluding hydrogens is 290 g/mol. The number of unbranched alkanes of at least 4 members (excludes halogenated alkanes) is 1. The Kier molecular flexibility index (Phi) is 6.63. The molecule has 1 fully saturated rings. The topological polar surface area (TPSA) is 57.6 Å². The fraction of sp³-hybridized carbons (Fsp3) is 0.579. The van der Waals surface area contributed by atoms with Crippen LogP contribution in [-0.2, 0) is 16.1 Å². The Balaban J connectivity index is 2.12. The number of nitrogens with zero attached hydrogens (tertiary/aromatic N) is 1. The Hall–Kier alpha value is -1.84. The van der Waals surface area contributed by atoms with Crippen LogP contribution in [0.15, 0.2) is 30.3 Å². The number of hydrogen-bond acceptors (Lipinski definition) is 2. The maximum Gasteiger partial charge on any atom is 0.307 e. The third-order valence-corrected chi connectivity index (χ3v) is 4.71. The second kappa shape index (κ2) is 8.70. The van der Waals surface area contributed by atoms with Crippen molar-refractivity contribution in [2.75, 3.05) is 6.54 Å². The highest BCUT2D eigenvalue weighted by Gasteiger charge is 2.37. The van der Waals surface area contributed by atoms with E-state index in [0.29, 0.717) is 25.9 Å². The molecule has 1 saturated carbocycles. The van der Waals surface area contributed by atoms with Crippen molar-refractivity contribution in [2.45, 2.75) is 52.0 Å². The molecule has 2 atom stereocenters. The van der Waals surface area contributed by atoms with Crippen molar-refractivity contribution >= 4 is 11.9 Å². The van der Waals surface area contributed by atoms with Gasteiger partial charge in [-0.15, -0.1) is 0 Å².